The van der Waals surface area contributed by atoms with E-state index in [4.69, 9.17) is 0 Å². The molecule has 0 N–H and O–H groups in total. The van der Waals surface area contributed by atoms with Crippen LogP contribution < -0.4 is 0 Å². The van der Waals surface area contributed by atoms with Gasteiger partial charge < -0.3 is 4.90 Å². The summed E-state index contributed by atoms with van der Waals surface area (Å²) in [5.74, 6) is -0.318. The minimum atomic E-state index is -3.03. The molecule has 4 nitrogen and oxygen atoms in total. The van der Waals surface area contributed by atoms with Crippen molar-refractivity contribution in [2.24, 2.45) is 0 Å². The molecule has 0 aliphatic carbocycles. The third kappa shape index (κ3) is 5.16. The van der Waals surface area contributed by atoms with Crippen molar-refractivity contribution in [3.8, 4) is 0 Å². The van der Waals surface area contributed by atoms with Gasteiger partial charge in [0.15, 0.2) is 9.84 Å². The van der Waals surface area contributed by atoms with Crippen LogP contribution >= 0.6 is 0 Å². The smallest absolute Gasteiger partial charge is 0.246 e. The van der Waals surface area contributed by atoms with E-state index in [0.717, 1.165) is 18.4 Å². The van der Waals surface area contributed by atoms with Crippen LogP contribution in [0.15, 0.2) is 30.3 Å². The number of halogens is 1. The summed E-state index contributed by atoms with van der Waals surface area (Å²) in [6, 6.07) is 5.62. The molecule has 1 aromatic carbocycles. The van der Waals surface area contributed by atoms with Gasteiger partial charge in [-0.05, 0) is 36.6 Å². The van der Waals surface area contributed by atoms with Crippen LogP contribution in [0.1, 0.15) is 31.7 Å². The molecule has 6 heteroatoms. The number of hydrogen-bond acceptors (Lipinski definition) is 3. The van der Waals surface area contributed by atoms with Gasteiger partial charge >= 0.3 is 0 Å². The van der Waals surface area contributed by atoms with E-state index in [1.807, 2.05) is 6.92 Å². The number of nitrogens with zero attached hydrogens (tertiary/aromatic N) is 1. The fourth-order valence-electron chi connectivity index (χ4n) is 2.66. The summed E-state index contributed by atoms with van der Waals surface area (Å²) in [6.07, 6.45) is 5.35. The number of hydrogen-bond donors (Lipinski definition) is 0. The molecule has 1 saturated heterocycles. The van der Waals surface area contributed by atoms with Crippen LogP contribution in [0.2, 0.25) is 0 Å². The predicted molar refractivity (Wildman–Crippen MR) is 89.1 cm³/mol. The number of amides is 1. The lowest BCUT2D eigenvalue weighted by Gasteiger charge is -2.27. The van der Waals surface area contributed by atoms with E-state index >= 15 is 0 Å². The van der Waals surface area contributed by atoms with Crippen LogP contribution in [-0.2, 0) is 14.6 Å². The third-order valence-electron chi connectivity index (χ3n) is 3.97. The molecule has 0 bridgehead atoms. The SMILES string of the molecule is CCCCN(C(=O)/C=C/c1ccc(F)cc1)C1CCS(=O)(=O)C1. The molecule has 1 aromatic rings. The van der Waals surface area contributed by atoms with Crippen molar-refractivity contribution in [1.29, 1.82) is 0 Å². The molecule has 0 saturated carbocycles. The molecule has 1 atom stereocenters. The molecule has 1 amide bonds. The van der Waals surface area contributed by atoms with E-state index in [9.17, 15) is 17.6 Å². The minimum Gasteiger partial charge on any atom is -0.335 e. The Hall–Kier alpha value is -1.69. The van der Waals surface area contributed by atoms with Crippen LogP contribution in [0.25, 0.3) is 6.08 Å². The second-order valence-electron chi connectivity index (χ2n) is 5.83. The van der Waals surface area contributed by atoms with Gasteiger partial charge in [-0.3, -0.25) is 4.79 Å². The average Bonchev–Trinajstić information content (AvgIpc) is 2.87. The number of carbonyl (C=O) groups is 1. The summed E-state index contributed by atoms with van der Waals surface area (Å²) in [6.45, 7) is 2.59. The lowest BCUT2D eigenvalue weighted by molar-refractivity contribution is -0.127. The standard InChI is InChI=1S/C17H22FNO3S/c1-2-3-11-19(16-10-12-23(21,22)13-16)17(20)9-6-14-4-7-15(18)8-5-14/h4-9,16H,2-3,10-13H2,1H3/b9-6+. The van der Waals surface area contributed by atoms with Crippen LogP contribution in [0, 0.1) is 5.82 Å². The van der Waals surface area contributed by atoms with E-state index in [2.05, 4.69) is 0 Å². The largest absolute Gasteiger partial charge is 0.335 e. The van der Waals surface area contributed by atoms with E-state index in [1.54, 1.807) is 23.1 Å². The van der Waals surface area contributed by atoms with Gasteiger partial charge in [0.2, 0.25) is 5.91 Å². The maximum atomic E-state index is 12.9. The Morgan fingerprint density at radius 1 is 1.35 bits per heavy atom. The highest BCUT2D eigenvalue weighted by Crippen LogP contribution is 2.19. The van der Waals surface area contributed by atoms with Gasteiger partial charge in [-0.2, -0.15) is 0 Å². The first kappa shape index (κ1) is 17.7. The van der Waals surface area contributed by atoms with Gasteiger partial charge in [-0.15, -0.1) is 0 Å². The lowest BCUT2D eigenvalue weighted by atomic mass is 10.1. The molecule has 1 aliphatic heterocycles. The van der Waals surface area contributed by atoms with Gasteiger partial charge in [0.25, 0.3) is 0 Å². The Morgan fingerprint density at radius 2 is 2.04 bits per heavy atom. The molecule has 1 unspecified atom stereocenters. The van der Waals surface area contributed by atoms with Crippen molar-refractivity contribution in [2.75, 3.05) is 18.1 Å². The quantitative estimate of drug-likeness (QED) is 0.749. The fraction of sp³-hybridized carbons (Fsp3) is 0.471. The topological polar surface area (TPSA) is 54.5 Å². The Balaban J connectivity index is 2.08. The number of rotatable bonds is 6. The summed E-state index contributed by atoms with van der Waals surface area (Å²) in [5, 5.41) is 0. The van der Waals surface area contributed by atoms with Crippen molar-refractivity contribution >= 4 is 21.8 Å². The van der Waals surface area contributed by atoms with Crippen LogP contribution in [-0.4, -0.2) is 43.3 Å². The van der Waals surface area contributed by atoms with E-state index in [1.165, 1.54) is 18.2 Å². The molecular weight excluding hydrogens is 317 g/mol. The zero-order chi connectivity index (χ0) is 16.9. The van der Waals surface area contributed by atoms with Crippen molar-refractivity contribution in [2.45, 2.75) is 32.2 Å². The highest BCUT2D eigenvalue weighted by Gasteiger charge is 2.33. The maximum absolute atomic E-state index is 12.9. The van der Waals surface area contributed by atoms with Crippen molar-refractivity contribution < 1.29 is 17.6 Å². The average molecular weight is 339 g/mol. The Kier molecular flexibility index (Phi) is 5.93. The highest BCUT2D eigenvalue weighted by atomic mass is 32.2. The first-order valence-electron chi connectivity index (χ1n) is 7.86. The van der Waals surface area contributed by atoms with Crippen molar-refractivity contribution in [3.05, 3.63) is 41.7 Å². The molecule has 1 fully saturated rings. The van der Waals surface area contributed by atoms with E-state index in [-0.39, 0.29) is 29.3 Å². The van der Waals surface area contributed by atoms with Gasteiger partial charge in [-0.25, -0.2) is 12.8 Å². The summed E-state index contributed by atoms with van der Waals surface area (Å²) in [4.78, 5) is 14.1. The molecule has 1 heterocycles. The van der Waals surface area contributed by atoms with Crippen LogP contribution in [0.5, 0.6) is 0 Å². The summed E-state index contributed by atoms with van der Waals surface area (Å²) >= 11 is 0. The highest BCUT2D eigenvalue weighted by molar-refractivity contribution is 7.91. The van der Waals surface area contributed by atoms with Gasteiger partial charge in [-0.1, -0.05) is 25.5 Å². The molecular formula is C17H22FNO3S. The first-order valence-corrected chi connectivity index (χ1v) is 9.68. The fourth-order valence-corrected chi connectivity index (χ4v) is 4.39. The van der Waals surface area contributed by atoms with E-state index in [0.29, 0.717) is 13.0 Å². The zero-order valence-electron chi connectivity index (χ0n) is 13.2. The normalized spacial score (nSPS) is 20.0. The molecule has 0 spiro atoms. The Morgan fingerprint density at radius 3 is 2.61 bits per heavy atom. The molecule has 1 aliphatic rings. The third-order valence-corrected chi connectivity index (χ3v) is 5.72. The van der Waals surface area contributed by atoms with Crippen LogP contribution in [0.3, 0.4) is 0 Å². The first-order chi connectivity index (χ1) is 10.9. The summed E-state index contributed by atoms with van der Waals surface area (Å²) in [5.41, 5.74) is 0.731. The van der Waals surface area contributed by atoms with Crippen molar-refractivity contribution in [3.63, 3.8) is 0 Å². The maximum Gasteiger partial charge on any atom is 0.246 e. The molecule has 0 radical (unpaired) electrons. The lowest BCUT2D eigenvalue weighted by Crippen LogP contribution is -2.40. The number of carbonyl (C=O) groups excluding carboxylic acids is 1. The zero-order valence-corrected chi connectivity index (χ0v) is 14.1. The monoisotopic (exact) mass is 339 g/mol. The number of benzene rings is 1. The Bertz CT molecular complexity index is 668. The second kappa shape index (κ2) is 7.73. The predicted octanol–water partition coefficient (Wildman–Crippen LogP) is 2.65. The number of unbranched alkanes of at least 4 members (excludes halogenated alkanes) is 1. The summed E-state index contributed by atoms with van der Waals surface area (Å²) in [7, 11) is -3.03. The van der Waals surface area contributed by atoms with Crippen LogP contribution in [0.4, 0.5) is 4.39 Å². The van der Waals surface area contributed by atoms with Gasteiger partial charge in [0.1, 0.15) is 5.82 Å². The van der Waals surface area contributed by atoms with E-state index < -0.39 is 9.84 Å². The molecule has 2 rings (SSSR count). The summed E-state index contributed by atoms with van der Waals surface area (Å²) < 4.78 is 36.2. The molecule has 126 valence electrons. The van der Waals surface area contributed by atoms with Crippen molar-refractivity contribution in [1.82, 2.24) is 4.90 Å². The second-order valence-corrected chi connectivity index (χ2v) is 8.06. The molecule has 0 aromatic heterocycles. The Labute approximate surface area is 136 Å². The minimum absolute atomic E-state index is 0.0485. The van der Waals surface area contributed by atoms with Gasteiger partial charge in [0, 0.05) is 18.7 Å². The van der Waals surface area contributed by atoms with Gasteiger partial charge in [0.05, 0.1) is 11.5 Å². The molecule has 23 heavy (non-hydrogen) atoms. The number of sulfone groups is 1.